The molecule has 4 nitrogen and oxygen atoms in total. The van der Waals surface area contributed by atoms with Gasteiger partial charge in [0.15, 0.2) is 0 Å². The summed E-state index contributed by atoms with van der Waals surface area (Å²) in [5.74, 6) is 0.137. The van der Waals surface area contributed by atoms with E-state index >= 15 is 0 Å². The molecule has 5 heteroatoms. The first-order chi connectivity index (χ1) is 9.13. The predicted molar refractivity (Wildman–Crippen MR) is 78.0 cm³/mol. The Morgan fingerprint density at radius 1 is 1.37 bits per heavy atom. The van der Waals surface area contributed by atoms with Crippen molar-refractivity contribution in [1.29, 1.82) is 0 Å². The monoisotopic (exact) mass is 279 g/mol. The number of amides is 1. The Labute approximate surface area is 116 Å². The van der Waals surface area contributed by atoms with Crippen molar-refractivity contribution in [2.75, 3.05) is 12.3 Å². The molecule has 19 heavy (non-hydrogen) atoms. The molecule has 0 bridgehead atoms. The van der Waals surface area contributed by atoms with Gasteiger partial charge in [0.1, 0.15) is 0 Å². The molecule has 0 spiro atoms. The van der Waals surface area contributed by atoms with Crippen molar-refractivity contribution < 1.29 is 14.7 Å². The fourth-order valence-electron chi connectivity index (χ4n) is 1.49. The summed E-state index contributed by atoms with van der Waals surface area (Å²) in [6.07, 6.45) is 2.69. The fourth-order valence-corrected chi connectivity index (χ4v) is 2.36. The van der Waals surface area contributed by atoms with Gasteiger partial charge in [0, 0.05) is 18.4 Å². The van der Waals surface area contributed by atoms with Crippen LogP contribution in [0.1, 0.15) is 18.1 Å². The van der Waals surface area contributed by atoms with Crippen LogP contribution in [0.3, 0.4) is 0 Å². The molecule has 0 aromatic heterocycles. The van der Waals surface area contributed by atoms with Crippen molar-refractivity contribution in [3.63, 3.8) is 0 Å². The minimum Gasteiger partial charge on any atom is -0.478 e. The van der Waals surface area contributed by atoms with Gasteiger partial charge < -0.3 is 10.4 Å². The Morgan fingerprint density at radius 2 is 2.11 bits per heavy atom. The summed E-state index contributed by atoms with van der Waals surface area (Å²) >= 11 is 1.51. The minimum absolute atomic E-state index is 0.0195. The van der Waals surface area contributed by atoms with E-state index < -0.39 is 5.97 Å². The Hall–Kier alpha value is -1.75. The van der Waals surface area contributed by atoms with Gasteiger partial charge in [0.2, 0.25) is 5.91 Å². The second kappa shape index (κ2) is 8.37. The average Bonchev–Trinajstić information content (AvgIpc) is 2.38. The van der Waals surface area contributed by atoms with Crippen molar-refractivity contribution in [3.05, 3.63) is 41.5 Å². The fraction of sp³-hybridized carbons (Fsp3) is 0.286. The second-order valence-electron chi connectivity index (χ2n) is 3.82. The number of benzene rings is 1. The molecule has 0 atom stereocenters. The van der Waals surface area contributed by atoms with Gasteiger partial charge in [-0.2, -0.15) is 0 Å². The van der Waals surface area contributed by atoms with Crippen LogP contribution in [-0.2, 0) is 15.3 Å². The van der Waals surface area contributed by atoms with Crippen LogP contribution in [0.4, 0.5) is 0 Å². The lowest BCUT2D eigenvalue weighted by Gasteiger charge is -2.06. The molecule has 0 radical (unpaired) electrons. The van der Waals surface area contributed by atoms with E-state index in [2.05, 4.69) is 5.32 Å². The third-order valence-corrected chi connectivity index (χ3v) is 3.31. The second-order valence-corrected chi connectivity index (χ2v) is 4.80. The maximum absolute atomic E-state index is 11.3. The molecule has 0 fully saturated rings. The van der Waals surface area contributed by atoms with Gasteiger partial charge in [0.25, 0.3) is 0 Å². The van der Waals surface area contributed by atoms with Crippen LogP contribution in [0.25, 0.3) is 6.08 Å². The number of carbonyl (C=O) groups excluding carboxylic acids is 1. The third kappa shape index (κ3) is 6.10. The van der Waals surface area contributed by atoms with Crippen molar-refractivity contribution >= 4 is 29.7 Å². The number of hydrogen-bond acceptors (Lipinski definition) is 3. The Morgan fingerprint density at radius 3 is 2.79 bits per heavy atom. The van der Waals surface area contributed by atoms with Crippen molar-refractivity contribution in [2.45, 2.75) is 12.7 Å². The topological polar surface area (TPSA) is 66.4 Å². The Bertz CT molecular complexity index is 472. The normalized spacial score (nSPS) is 10.6. The van der Waals surface area contributed by atoms with Crippen LogP contribution in [0.15, 0.2) is 30.3 Å². The van der Waals surface area contributed by atoms with Gasteiger partial charge in [-0.25, -0.2) is 4.79 Å². The number of carboxylic acid groups (broad SMARTS) is 1. The molecular weight excluding hydrogens is 262 g/mol. The summed E-state index contributed by atoms with van der Waals surface area (Å²) in [6.45, 7) is 2.52. The molecule has 0 heterocycles. The summed E-state index contributed by atoms with van der Waals surface area (Å²) in [5.41, 5.74) is 1.89. The van der Waals surface area contributed by atoms with Gasteiger partial charge in [-0.3, -0.25) is 4.79 Å². The third-order valence-electron chi connectivity index (χ3n) is 2.33. The highest BCUT2D eigenvalue weighted by Crippen LogP contribution is 2.17. The molecule has 0 unspecified atom stereocenters. The van der Waals surface area contributed by atoms with Crippen LogP contribution < -0.4 is 5.32 Å². The van der Waals surface area contributed by atoms with Gasteiger partial charge in [-0.15, -0.1) is 11.8 Å². The molecule has 0 aliphatic heterocycles. The Balaban J connectivity index is 2.58. The Kier molecular flexibility index (Phi) is 6.74. The summed E-state index contributed by atoms with van der Waals surface area (Å²) < 4.78 is 0. The highest BCUT2D eigenvalue weighted by molar-refractivity contribution is 7.99. The van der Waals surface area contributed by atoms with Crippen LogP contribution in [0.2, 0.25) is 0 Å². The maximum Gasteiger partial charge on any atom is 0.328 e. The van der Waals surface area contributed by atoms with E-state index in [1.807, 2.05) is 31.2 Å². The van der Waals surface area contributed by atoms with E-state index in [1.165, 1.54) is 11.8 Å². The quantitative estimate of drug-likeness (QED) is 0.751. The van der Waals surface area contributed by atoms with Crippen LogP contribution >= 0.6 is 11.8 Å². The molecular formula is C14H17NO3S. The smallest absolute Gasteiger partial charge is 0.328 e. The van der Waals surface area contributed by atoms with Crippen molar-refractivity contribution in [1.82, 2.24) is 5.32 Å². The highest BCUT2D eigenvalue weighted by Gasteiger charge is 2.03. The lowest BCUT2D eigenvalue weighted by atomic mass is 10.1. The van der Waals surface area contributed by atoms with Crippen molar-refractivity contribution in [2.24, 2.45) is 0 Å². The lowest BCUT2D eigenvalue weighted by molar-refractivity contribution is -0.131. The van der Waals surface area contributed by atoms with Gasteiger partial charge in [-0.1, -0.05) is 24.3 Å². The number of carbonyl (C=O) groups is 2. The van der Waals surface area contributed by atoms with Crippen LogP contribution in [0, 0.1) is 0 Å². The number of aliphatic carboxylic acids is 1. The first-order valence-corrected chi connectivity index (χ1v) is 7.12. The average molecular weight is 279 g/mol. The van der Waals surface area contributed by atoms with E-state index in [0.29, 0.717) is 18.1 Å². The van der Waals surface area contributed by atoms with Crippen LogP contribution in [0.5, 0.6) is 0 Å². The highest BCUT2D eigenvalue weighted by atomic mass is 32.2. The standard InChI is InChI=1S/C14H17NO3S/c1-2-15-13(16)10-19-9-12-6-4-3-5-11(12)7-8-14(17)18/h3-8H,2,9-10H2,1H3,(H,15,16)(H,17,18)/b8-7+. The SMILES string of the molecule is CCNC(=O)CSCc1ccccc1/C=C/C(=O)O. The number of nitrogens with one attached hydrogen (secondary N) is 1. The molecule has 0 saturated heterocycles. The maximum atomic E-state index is 11.3. The van der Waals surface area contributed by atoms with Crippen molar-refractivity contribution in [3.8, 4) is 0 Å². The molecule has 1 aromatic carbocycles. The predicted octanol–water partition coefficient (Wildman–Crippen LogP) is 2.15. The summed E-state index contributed by atoms with van der Waals surface area (Å²) in [5, 5.41) is 11.4. The van der Waals surface area contributed by atoms with Gasteiger partial charge in [-0.05, 0) is 24.1 Å². The molecule has 0 aliphatic rings. The number of hydrogen-bond donors (Lipinski definition) is 2. The number of carboxylic acids is 1. The number of rotatable bonds is 7. The number of thioether (sulfide) groups is 1. The van der Waals surface area contributed by atoms with E-state index in [-0.39, 0.29) is 5.91 Å². The zero-order chi connectivity index (χ0) is 14.1. The largest absolute Gasteiger partial charge is 0.478 e. The molecule has 0 aliphatic carbocycles. The van der Waals surface area contributed by atoms with Gasteiger partial charge in [0.05, 0.1) is 5.75 Å². The zero-order valence-electron chi connectivity index (χ0n) is 10.8. The minimum atomic E-state index is -0.968. The molecule has 0 saturated carbocycles. The van der Waals surface area contributed by atoms with Gasteiger partial charge >= 0.3 is 5.97 Å². The van der Waals surface area contributed by atoms with E-state index in [1.54, 1.807) is 6.08 Å². The van der Waals surface area contributed by atoms with Crippen LogP contribution in [-0.4, -0.2) is 29.3 Å². The molecule has 102 valence electrons. The molecule has 1 rings (SSSR count). The summed E-state index contributed by atoms with van der Waals surface area (Å²) in [6, 6.07) is 7.56. The van der Waals surface area contributed by atoms with E-state index in [9.17, 15) is 9.59 Å². The lowest BCUT2D eigenvalue weighted by Crippen LogP contribution is -2.24. The molecule has 1 aromatic rings. The zero-order valence-corrected chi connectivity index (χ0v) is 11.6. The van der Waals surface area contributed by atoms with E-state index in [0.717, 1.165) is 17.2 Å². The first-order valence-electron chi connectivity index (χ1n) is 5.97. The molecule has 1 amide bonds. The van der Waals surface area contributed by atoms with E-state index in [4.69, 9.17) is 5.11 Å². The first kappa shape index (κ1) is 15.3. The summed E-state index contributed by atoms with van der Waals surface area (Å²) in [4.78, 5) is 21.8. The molecule has 2 N–H and O–H groups in total. The summed E-state index contributed by atoms with van der Waals surface area (Å²) in [7, 11) is 0.